The van der Waals surface area contributed by atoms with Crippen LogP contribution in [0.4, 0.5) is 0 Å². The van der Waals surface area contributed by atoms with E-state index in [9.17, 15) is 0 Å². The Bertz CT molecular complexity index is 116. The average Bonchev–Trinajstić information content (AvgIpc) is 1.92. The summed E-state index contributed by atoms with van der Waals surface area (Å²) in [4.78, 5) is 4.41. The zero-order valence-electron chi connectivity index (χ0n) is 5.06. The van der Waals surface area contributed by atoms with Gasteiger partial charge >= 0.3 is 0 Å². The lowest BCUT2D eigenvalue weighted by molar-refractivity contribution is 0.426. The highest BCUT2D eigenvalue weighted by molar-refractivity contribution is 5.86. The number of rotatable bonds is 0. The van der Waals surface area contributed by atoms with Crippen LogP contribution in [-0.4, -0.2) is 12.3 Å². The Morgan fingerprint density at radius 2 is 2.00 bits per heavy atom. The third kappa shape index (κ3) is 0.575. The molecule has 0 amide bonds. The summed E-state index contributed by atoms with van der Waals surface area (Å²) in [7, 11) is 0. The Balaban J connectivity index is 2.22. The van der Waals surface area contributed by atoms with Crippen molar-refractivity contribution in [1.82, 2.24) is 0 Å². The van der Waals surface area contributed by atoms with Crippen molar-refractivity contribution in [2.24, 2.45) is 10.9 Å². The largest absolute Gasteiger partial charge is 0.294 e. The molecule has 0 unspecified atom stereocenters. The molecule has 0 aromatic rings. The van der Waals surface area contributed by atoms with Crippen LogP contribution in [0.25, 0.3) is 0 Å². The topological polar surface area (TPSA) is 12.4 Å². The molecular weight excluding hydrogens is 98.1 g/mol. The normalized spacial score (nSPS) is 28.2. The predicted molar refractivity (Wildman–Crippen MR) is 34.3 cm³/mol. The van der Waals surface area contributed by atoms with Gasteiger partial charge in [-0.1, -0.05) is 0 Å². The number of fused-ring (bicyclic) bond motifs is 3. The first-order valence-corrected chi connectivity index (χ1v) is 3.47. The van der Waals surface area contributed by atoms with Crippen LogP contribution in [0.1, 0.15) is 25.7 Å². The van der Waals surface area contributed by atoms with Crippen LogP contribution < -0.4 is 0 Å². The molecule has 0 aromatic heterocycles. The van der Waals surface area contributed by atoms with Crippen molar-refractivity contribution in [3.05, 3.63) is 0 Å². The molecule has 0 aromatic carbocycles. The molecule has 2 aliphatic heterocycles. The lowest BCUT2D eigenvalue weighted by atomic mass is 9.85. The predicted octanol–water partition coefficient (Wildman–Crippen LogP) is 1.63. The van der Waals surface area contributed by atoms with E-state index < -0.39 is 0 Å². The summed E-state index contributed by atoms with van der Waals surface area (Å²) >= 11 is 0. The van der Waals surface area contributed by atoms with Gasteiger partial charge in [-0.2, -0.15) is 0 Å². The maximum absolute atomic E-state index is 4.41. The summed E-state index contributed by atoms with van der Waals surface area (Å²) in [6.45, 7) is 1.15. The molecule has 8 heavy (non-hydrogen) atoms. The van der Waals surface area contributed by atoms with Gasteiger partial charge in [0.25, 0.3) is 0 Å². The Kier molecular flexibility index (Phi) is 0.893. The van der Waals surface area contributed by atoms with E-state index in [1.807, 2.05) is 0 Å². The van der Waals surface area contributed by atoms with Crippen molar-refractivity contribution >= 4 is 5.71 Å². The Morgan fingerprint density at radius 1 is 1.25 bits per heavy atom. The first kappa shape index (κ1) is 4.54. The van der Waals surface area contributed by atoms with Gasteiger partial charge in [-0.15, -0.1) is 0 Å². The SMILES string of the molecule is C1CC2CCC1=NC2. The fourth-order valence-electron chi connectivity index (χ4n) is 1.61. The molecule has 3 aliphatic rings. The molecule has 2 heterocycles. The third-order valence-electron chi connectivity index (χ3n) is 2.26. The van der Waals surface area contributed by atoms with Gasteiger partial charge in [0.1, 0.15) is 0 Å². The van der Waals surface area contributed by atoms with Crippen LogP contribution in [-0.2, 0) is 0 Å². The van der Waals surface area contributed by atoms with Gasteiger partial charge in [-0.25, -0.2) is 0 Å². The Hall–Kier alpha value is -0.330. The van der Waals surface area contributed by atoms with Gasteiger partial charge in [-0.3, -0.25) is 4.99 Å². The quantitative estimate of drug-likeness (QED) is 0.448. The zero-order chi connectivity index (χ0) is 5.40. The molecule has 1 aliphatic carbocycles. The van der Waals surface area contributed by atoms with Crippen LogP contribution in [0.2, 0.25) is 0 Å². The standard InChI is InChI=1S/C7H11N/c1-3-7-4-2-6(1)5-8-7/h6H,1-5H2. The maximum Gasteiger partial charge on any atom is 0.0417 e. The molecule has 2 bridgehead atoms. The molecule has 0 N–H and O–H groups in total. The highest BCUT2D eigenvalue weighted by Gasteiger charge is 2.21. The third-order valence-corrected chi connectivity index (χ3v) is 2.26. The van der Waals surface area contributed by atoms with Gasteiger partial charge in [0, 0.05) is 12.3 Å². The second-order valence-corrected chi connectivity index (χ2v) is 2.85. The monoisotopic (exact) mass is 109 g/mol. The molecule has 0 atom stereocenters. The first-order chi connectivity index (χ1) is 3.95. The van der Waals surface area contributed by atoms with Gasteiger partial charge < -0.3 is 0 Å². The molecule has 1 heteroatoms. The van der Waals surface area contributed by atoms with E-state index in [4.69, 9.17) is 0 Å². The molecule has 0 spiro atoms. The van der Waals surface area contributed by atoms with E-state index in [0.29, 0.717) is 0 Å². The van der Waals surface area contributed by atoms with Gasteiger partial charge in [-0.05, 0) is 31.6 Å². The van der Waals surface area contributed by atoms with Gasteiger partial charge in [0.05, 0.1) is 0 Å². The lowest BCUT2D eigenvalue weighted by Crippen LogP contribution is -2.22. The highest BCUT2D eigenvalue weighted by atomic mass is 14.8. The summed E-state index contributed by atoms with van der Waals surface area (Å²) in [6.07, 6.45) is 5.48. The molecular formula is C7H11N. The van der Waals surface area contributed by atoms with Crippen molar-refractivity contribution in [2.75, 3.05) is 6.54 Å². The first-order valence-electron chi connectivity index (χ1n) is 3.47. The van der Waals surface area contributed by atoms with E-state index in [0.717, 1.165) is 12.5 Å². The summed E-state index contributed by atoms with van der Waals surface area (Å²) in [5.74, 6) is 0.965. The van der Waals surface area contributed by atoms with Crippen LogP contribution in [0.15, 0.2) is 4.99 Å². The zero-order valence-corrected chi connectivity index (χ0v) is 5.06. The van der Waals surface area contributed by atoms with Crippen molar-refractivity contribution in [3.63, 3.8) is 0 Å². The van der Waals surface area contributed by atoms with E-state index in [1.165, 1.54) is 31.4 Å². The molecule has 1 nitrogen and oxygen atoms in total. The van der Waals surface area contributed by atoms with Crippen LogP contribution in [0.3, 0.4) is 0 Å². The van der Waals surface area contributed by atoms with Crippen LogP contribution in [0, 0.1) is 5.92 Å². The van der Waals surface area contributed by atoms with E-state index in [1.54, 1.807) is 0 Å². The molecule has 1 fully saturated rings. The van der Waals surface area contributed by atoms with E-state index in [2.05, 4.69) is 4.99 Å². The van der Waals surface area contributed by atoms with E-state index in [-0.39, 0.29) is 0 Å². The van der Waals surface area contributed by atoms with Gasteiger partial charge in [0.15, 0.2) is 0 Å². The molecule has 0 radical (unpaired) electrons. The van der Waals surface area contributed by atoms with Crippen molar-refractivity contribution < 1.29 is 0 Å². The minimum Gasteiger partial charge on any atom is -0.294 e. The minimum atomic E-state index is 0.965. The Morgan fingerprint density at radius 3 is 2.12 bits per heavy atom. The second kappa shape index (κ2) is 1.57. The molecule has 1 saturated carbocycles. The van der Waals surface area contributed by atoms with Crippen molar-refractivity contribution in [2.45, 2.75) is 25.7 Å². The smallest absolute Gasteiger partial charge is 0.0417 e. The fourth-order valence-corrected chi connectivity index (χ4v) is 1.61. The van der Waals surface area contributed by atoms with Crippen LogP contribution >= 0.6 is 0 Å². The van der Waals surface area contributed by atoms with E-state index >= 15 is 0 Å². The minimum absolute atomic E-state index is 0.965. The maximum atomic E-state index is 4.41. The van der Waals surface area contributed by atoms with Crippen LogP contribution in [0.5, 0.6) is 0 Å². The summed E-state index contributed by atoms with van der Waals surface area (Å²) < 4.78 is 0. The molecule has 44 valence electrons. The van der Waals surface area contributed by atoms with Gasteiger partial charge in [0.2, 0.25) is 0 Å². The molecule has 0 saturated heterocycles. The fraction of sp³-hybridized carbons (Fsp3) is 0.857. The highest BCUT2D eigenvalue weighted by Crippen LogP contribution is 2.27. The number of hydrogen-bond acceptors (Lipinski definition) is 1. The lowest BCUT2D eigenvalue weighted by Gasteiger charge is -2.27. The summed E-state index contributed by atoms with van der Waals surface area (Å²) in [6, 6.07) is 0. The second-order valence-electron chi connectivity index (χ2n) is 2.85. The van der Waals surface area contributed by atoms with Crippen molar-refractivity contribution in [3.8, 4) is 0 Å². The average molecular weight is 109 g/mol. The number of aliphatic imine (C=N–C) groups is 1. The Labute approximate surface area is 49.8 Å². The summed E-state index contributed by atoms with van der Waals surface area (Å²) in [5.41, 5.74) is 1.49. The van der Waals surface area contributed by atoms with Crippen molar-refractivity contribution in [1.29, 1.82) is 0 Å². The summed E-state index contributed by atoms with van der Waals surface area (Å²) in [5, 5.41) is 0. The number of nitrogens with zero attached hydrogens (tertiary/aromatic N) is 1. The molecule has 3 rings (SSSR count). The number of hydrogen-bond donors (Lipinski definition) is 0.